The first-order valence-corrected chi connectivity index (χ1v) is 9.94. The lowest BCUT2D eigenvalue weighted by molar-refractivity contribution is -0.124. The van der Waals surface area contributed by atoms with Crippen molar-refractivity contribution in [2.75, 3.05) is 25.0 Å². The van der Waals surface area contributed by atoms with Crippen LogP contribution >= 0.6 is 0 Å². The highest BCUT2D eigenvalue weighted by atomic mass is 16.3. The Morgan fingerprint density at radius 2 is 2.14 bits per heavy atom. The lowest BCUT2D eigenvalue weighted by Gasteiger charge is -2.32. The number of piperidine rings is 1. The molecule has 6 nitrogen and oxygen atoms in total. The molecule has 2 aromatic heterocycles. The average Bonchev–Trinajstić information content (AvgIpc) is 3.20. The zero-order chi connectivity index (χ0) is 20.1. The van der Waals surface area contributed by atoms with Crippen molar-refractivity contribution in [3.05, 3.63) is 48.0 Å². The van der Waals surface area contributed by atoms with Crippen LogP contribution in [0.2, 0.25) is 0 Å². The molecule has 0 spiro atoms. The van der Waals surface area contributed by atoms with Crippen LogP contribution in [-0.4, -0.2) is 41.7 Å². The topological polar surface area (TPSA) is 66.7 Å². The molecule has 0 radical (unpaired) electrons. The monoisotopic (exact) mass is 383 g/mol. The first kappa shape index (κ1) is 20.1. The number of likely N-dealkylation sites (tertiary alicyclic amines) is 1. The summed E-state index contributed by atoms with van der Waals surface area (Å²) in [7, 11) is 1.95. The number of pyridine rings is 1. The summed E-state index contributed by atoms with van der Waals surface area (Å²) in [6.45, 7) is 6.02. The van der Waals surface area contributed by atoms with E-state index in [4.69, 9.17) is 4.42 Å². The van der Waals surface area contributed by atoms with Gasteiger partial charge in [0, 0.05) is 50.8 Å². The van der Waals surface area contributed by atoms with Crippen molar-refractivity contribution in [1.82, 2.24) is 9.88 Å². The summed E-state index contributed by atoms with van der Waals surface area (Å²) < 4.78 is 5.09. The Bertz CT molecular complexity index is 784. The van der Waals surface area contributed by atoms with Crippen molar-refractivity contribution >= 4 is 17.5 Å². The Balaban J connectivity index is 1.61. The number of carbonyl (C=O) groups excluding carboxylic acids is 2. The summed E-state index contributed by atoms with van der Waals surface area (Å²) in [5.74, 6) is 1.35. The second kappa shape index (κ2) is 9.04. The van der Waals surface area contributed by atoms with Gasteiger partial charge < -0.3 is 14.2 Å². The molecule has 28 heavy (non-hydrogen) atoms. The molecule has 0 bridgehead atoms. The van der Waals surface area contributed by atoms with Gasteiger partial charge in [0.1, 0.15) is 11.6 Å². The summed E-state index contributed by atoms with van der Waals surface area (Å²) in [6.07, 6.45) is 7.33. The smallest absolute Gasteiger partial charge is 0.255 e. The third-order valence-electron chi connectivity index (χ3n) is 5.16. The van der Waals surface area contributed by atoms with E-state index in [0.29, 0.717) is 37.5 Å². The van der Waals surface area contributed by atoms with Gasteiger partial charge in [-0.05, 0) is 37.0 Å². The maximum Gasteiger partial charge on any atom is 0.255 e. The molecule has 1 aliphatic heterocycles. The van der Waals surface area contributed by atoms with E-state index in [1.54, 1.807) is 23.6 Å². The van der Waals surface area contributed by atoms with Crippen molar-refractivity contribution in [3.63, 3.8) is 0 Å². The fourth-order valence-corrected chi connectivity index (χ4v) is 3.65. The predicted octanol–water partition coefficient (Wildman–Crippen LogP) is 3.78. The fraction of sp³-hybridized carbons (Fsp3) is 0.500. The van der Waals surface area contributed by atoms with E-state index < -0.39 is 0 Å². The van der Waals surface area contributed by atoms with E-state index in [1.807, 2.05) is 30.1 Å². The highest BCUT2D eigenvalue weighted by molar-refractivity contribution is 5.94. The normalized spacial score (nSPS) is 17.0. The van der Waals surface area contributed by atoms with Gasteiger partial charge in [-0.1, -0.05) is 13.8 Å². The quantitative estimate of drug-likeness (QED) is 0.728. The van der Waals surface area contributed by atoms with Crippen LogP contribution in [0.4, 0.5) is 5.82 Å². The number of rotatable bonds is 7. The van der Waals surface area contributed by atoms with E-state index in [-0.39, 0.29) is 17.6 Å². The van der Waals surface area contributed by atoms with Crippen molar-refractivity contribution in [2.45, 2.75) is 39.7 Å². The number of carbonyl (C=O) groups is 2. The van der Waals surface area contributed by atoms with Gasteiger partial charge in [0.2, 0.25) is 0 Å². The second-order valence-corrected chi connectivity index (χ2v) is 8.05. The molecule has 0 aliphatic carbocycles. The van der Waals surface area contributed by atoms with Crippen molar-refractivity contribution < 1.29 is 14.0 Å². The summed E-state index contributed by atoms with van der Waals surface area (Å²) in [5, 5.41) is 0. The SMILES string of the molecule is CC(C)CC(=O)C1CCCN(C(=O)c2ccc(N(C)Cc3ccoc3)nc2)C1. The molecule has 3 rings (SSSR count). The number of amides is 1. The van der Waals surface area contributed by atoms with E-state index in [0.717, 1.165) is 24.2 Å². The third-order valence-corrected chi connectivity index (χ3v) is 5.16. The number of Topliss-reactive ketones (excluding diaryl/α,β-unsaturated/α-hetero) is 1. The van der Waals surface area contributed by atoms with Gasteiger partial charge in [0.15, 0.2) is 0 Å². The minimum atomic E-state index is -0.0430. The molecule has 0 N–H and O–H groups in total. The lowest BCUT2D eigenvalue weighted by atomic mass is 9.89. The molecular formula is C22H29N3O3. The maximum absolute atomic E-state index is 12.9. The highest BCUT2D eigenvalue weighted by Gasteiger charge is 2.29. The summed E-state index contributed by atoms with van der Waals surface area (Å²) in [5.41, 5.74) is 1.63. The fourth-order valence-electron chi connectivity index (χ4n) is 3.65. The molecule has 6 heteroatoms. The van der Waals surface area contributed by atoms with Crippen molar-refractivity contribution in [1.29, 1.82) is 0 Å². The number of furan rings is 1. The van der Waals surface area contributed by atoms with Crippen molar-refractivity contribution in [3.8, 4) is 0 Å². The number of anilines is 1. The highest BCUT2D eigenvalue weighted by Crippen LogP contribution is 2.22. The molecule has 0 aromatic carbocycles. The maximum atomic E-state index is 12.9. The van der Waals surface area contributed by atoms with Crippen LogP contribution in [-0.2, 0) is 11.3 Å². The second-order valence-electron chi connectivity index (χ2n) is 8.05. The summed E-state index contributed by atoms with van der Waals surface area (Å²) >= 11 is 0. The zero-order valence-electron chi connectivity index (χ0n) is 16.9. The van der Waals surface area contributed by atoms with E-state index in [2.05, 4.69) is 18.8 Å². The Morgan fingerprint density at radius 1 is 1.32 bits per heavy atom. The molecule has 2 aromatic rings. The van der Waals surface area contributed by atoms with Crippen LogP contribution in [0.3, 0.4) is 0 Å². The molecule has 1 fully saturated rings. The van der Waals surface area contributed by atoms with E-state index in [1.165, 1.54) is 0 Å². The molecule has 1 atom stereocenters. The van der Waals surface area contributed by atoms with Crippen molar-refractivity contribution in [2.24, 2.45) is 11.8 Å². The van der Waals surface area contributed by atoms with Gasteiger partial charge in [-0.15, -0.1) is 0 Å². The molecule has 150 valence electrons. The van der Waals surface area contributed by atoms with Crippen LogP contribution in [0.15, 0.2) is 41.3 Å². The minimum Gasteiger partial charge on any atom is -0.472 e. The number of aromatic nitrogens is 1. The molecule has 1 aliphatic rings. The summed E-state index contributed by atoms with van der Waals surface area (Å²) in [6, 6.07) is 5.59. The minimum absolute atomic E-state index is 0.0339. The largest absolute Gasteiger partial charge is 0.472 e. The zero-order valence-corrected chi connectivity index (χ0v) is 16.9. The van der Waals surface area contributed by atoms with E-state index in [9.17, 15) is 9.59 Å². The van der Waals surface area contributed by atoms with Crippen LogP contribution in [0.1, 0.15) is 49.0 Å². The van der Waals surface area contributed by atoms with Gasteiger partial charge in [-0.3, -0.25) is 9.59 Å². The van der Waals surface area contributed by atoms with Gasteiger partial charge >= 0.3 is 0 Å². The average molecular weight is 383 g/mol. The van der Waals surface area contributed by atoms with Gasteiger partial charge in [0.25, 0.3) is 5.91 Å². The number of nitrogens with zero attached hydrogens (tertiary/aromatic N) is 3. The predicted molar refractivity (Wildman–Crippen MR) is 108 cm³/mol. The standard InChI is InChI=1S/C22H29N3O3/c1-16(2)11-20(26)19-5-4-9-25(14-19)22(27)18-6-7-21(23-12-18)24(3)13-17-8-10-28-15-17/h6-8,10,12,15-16,19H,4-5,9,11,13-14H2,1-3H3. The van der Waals surface area contributed by atoms with E-state index >= 15 is 0 Å². The first-order chi connectivity index (χ1) is 13.4. The number of hydrogen-bond acceptors (Lipinski definition) is 5. The Labute approximate surface area is 166 Å². The Kier molecular flexibility index (Phi) is 6.49. The lowest BCUT2D eigenvalue weighted by Crippen LogP contribution is -2.42. The number of hydrogen-bond donors (Lipinski definition) is 0. The van der Waals surface area contributed by atoms with Crippen LogP contribution in [0.5, 0.6) is 0 Å². The molecule has 1 saturated heterocycles. The Morgan fingerprint density at radius 3 is 2.79 bits per heavy atom. The Hall–Kier alpha value is -2.63. The first-order valence-electron chi connectivity index (χ1n) is 9.94. The molecule has 3 heterocycles. The van der Waals surface area contributed by atoms with Crippen LogP contribution in [0.25, 0.3) is 0 Å². The molecule has 1 unspecified atom stereocenters. The van der Waals surface area contributed by atoms with Crippen LogP contribution < -0.4 is 4.90 Å². The van der Waals surface area contributed by atoms with Gasteiger partial charge in [0.05, 0.1) is 18.1 Å². The molecular weight excluding hydrogens is 354 g/mol. The third kappa shape index (κ3) is 5.00. The summed E-state index contributed by atoms with van der Waals surface area (Å²) in [4.78, 5) is 33.5. The molecule has 1 amide bonds. The van der Waals surface area contributed by atoms with Gasteiger partial charge in [-0.2, -0.15) is 0 Å². The van der Waals surface area contributed by atoms with Gasteiger partial charge in [-0.25, -0.2) is 4.98 Å². The number of ketones is 1. The van der Waals surface area contributed by atoms with Crippen LogP contribution in [0, 0.1) is 11.8 Å². The molecule has 0 saturated carbocycles.